The number of hydrogen-bond acceptors (Lipinski definition) is 3. The van der Waals surface area contributed by atoms with Gasteiger partial charge in [-0.25, -0.2) is 0 Å². The lowest BCUT2D eigenvalue weighted by Gasteiger charge is -2.30. The molecule has 1 fully saturated rings. The summed E-state index contributed by atoms with van der Waals surface area (Å²) in [5, 5.41) is 2.79. The molecule has 3 amide bonds. The predicted octanol–water partition coefficient (Wildman–Crippen LogP) is 1.83. The molecule has 0 spiro atoms. The van der Waals surface area contributed by atoms with Gasteiger partial charge in [0.2, 0.25) is 11.8 Å². The molecule has 1 heterocycles. The molecule has 0 radical (unpaired) electrons. The number of amides is 3. The molecule has 1 saturated heterocycles. The Labute approximate surface area is 155 Å². The van der Waals surface area contributed by atoms with Crippen LogP contribution in [-0.4, -0.2) is 42.3 Å². The Morgan fingerprint density at radius 2 is 1.69 bits per heavy atom. The molecule has 1 aliphatic rings. The summed E-state index contributed by atoms with van der Waals surface area (Å²) in [6.45, 7) is 7.78. The van der Waals surface area contributed by atoms with Gasteiger partial charge in [0.25, 0.3) is 5.91 Å². The number of benzene rings is 1. The van der Waals surface area contributed by atoms with Crippen LogP contribution < -0.4 is 11.1 Å². The van der Waals surface area contributed by atoms with E-state index in [1.807, 2.05) is 24.3 Å². The second-order valence-electron chi connectivity index (χ2n) is 7.89. The van der Waals surface area contributed by atoms with E-state index < -0.39 is 0 Å². The first-order valence-corrected chi connectivity index (χ1v) is 9.14. The number of nitrogens with zero attached hydrogens (tertiary/aromatic N) is 1. The van der Waals surface area contributed by atoms with Crippen LogP contribution in [0.15, 0.2) is 24.3 Å². The first-order valence-electron chi connectivity index (χ1n) is 9.14. The number of carbonyl (C=O) groups excluding carboxylic acids is 3. The van der Waals surface area contributed by atoms with E-state index in [0.717, 1.165) is 0 Å². The lowest BCUT2D eigenvalue weighted by molar-refractivity contribution is -0.134. The minimum absolute atomic E-state index is 0.00343. The number of primary amides is 1. The average molecular weight is 359 g/mol. The molecule has 142 valence electrons. The Balaban J connectivity index is 1.76. The number of carbonyl (C=O) groups is 3. The Morgan fingerprint density at radius 3 is 2.19 bits per heavy atom. The van der Waals surface area contributed by atoms with E-state index in [9.17, 15) is 14.4 Å². The van der Waals surface area contributed by atoms with E-state index in [-0.39, 0.29) is 35.5 Å². The molecule has 1 aliphatic heterocycles. The summed E-state index contributed by atoms with van der Waals surface area (Å²) in [7, 11) is 0. The molecule has 0 aliphatic carbocycles. The summed E-state index contributed by atoms with van der Waals surface area (Å²) >= 11 is 0. The molecule has 0 aromatic heterocycles. The zero-order chi connectivity index (χ0) is 19.3. The van der Waals surface area contributed by atoms with E-state index in [1.54, 1.807) is 4.90 Å². The number of likely N-dealkylation sites (tertiary alicyclic amines) is 1. The summed E-state index contributed by atoms with van der Waals surface area (Å²) in [6.07, 6.45) is 1.49. The van der Waals surface area contributed by atoms with Crippen LogP contribution in [0, 0.1) is 5.92 Å². The normalized spacial score (nSPS) is 15.6. The van der Waals surface area contributed by atoms with Crippen LogP contribution in [-0.2, 0) is 15.0 Å². The molecule has 0 atom stereocenters. The SMILES string of the molecule is CC(C)(C)c1ccc(C(=O)NCCC(=O)N2CCC(C(N)=O)CC2)cc1. The zero-order valence-corrected chi connectivity index (χ0v) is 15.9. The second kappa shape index (κ2) is 8.34. The van der Waals surface area contributed by atoms with E-state index in [2.05, 4.69) is 26.1 Å². The van der Waals surface area contributed by atoms with Crippen LogP contribution in [0.25, 0.3) is 0 Å². The minimum atomic E-state index is -0.290. The third kappa shape index (κ3) is 5.31. The number of rotatable bonds is 5. The predicted molar refractivity (Wildman–Crippen MR) is 101 cm³/mol. The van der Waals surface area contributed by atoms with E-state index in [0.29, 0.717) is 38.0 Å². The van der Waals surface area contributed by atoms with Crippen molar-refractivity contribution in [2.75, 3.05) is 19.6 Å². The van der Waals surface area contributed by atoms with Crippen molar-refractivity contribution in [3.63, 3.8) is 0 Å². The first-order chi connectivity index (χ1) is 12.2. The monoisotopic (exact) mass is 359 g/mol. The van der Waals surface area contributed by atoms with Crippen molar-refractivity contribution in [2.24, 2.45) is 11.7 Å². The van der Waals surface area contributed by atoms with Gasteiger partial charge in [-0.15, -0.1) is 0 Å². The van der Waals surface area contributed by atoms with Crippen molar-refractivity contribution < 1.29 is 14.4 Å². The summed E-state index contributed by atoms with van der Waals surface area (Å²) < 4.78 is 0. The van der Waals surface area contributed by atoms with Gasteiger partial charge in [0.05, 0.1) is 0 Å². The topological polar surface area (TPSA) is 92.5 Å². The number of nitrogens with one attached hydrogen (secondary N) is 1. The highest BCUT2D eigenvalue weighted by atomic mass is 16.2. The molecule has 0 saturated carbocycles. The lowest BCUT2D eigenvalue weighted by Crippen LogP contribution is -2.42. The molecule has 6 nitrogen and oxygen atoms in total. The van der Waals surface area contributed by atoms with Crippen molar-refractivity contribution in [3.8, 4) is 0 Å². The number of piperidine rings is 1. The quantitative estimate of drug-likeness (QED) is 0.840. The van der Waals surface area contributed by atoms with Crippen LogP contribution in [0.4, 0.5) is 0 Å². The Morgan fingerprint density at radius 1 is 1.12 bits per heavy atom. The standard InChI is InChI=1S/C20H29N3O3/c1-20(2,3)16-6-4-15(5-7-16)19(26)22-11-8-17(24)23-12-9-14(10-13-23)18(21)25/h4-7,14H,8-13H2,1-3H3,(H2,21,25)(H,22,26). The highest BCUT2D eigenvalue weighted by Gasteiger charge is 2.25. The Hall–Kier alpha value is -2.37. The molecule has 1 aromatic carbocycles. The third-order valence-electron chi connectivity index (χ3n) is 4.89. The maximum Gasteiger partial charge on any atom is 0.251 e. The summed E-state index contributed by atoms with van der Waals surface area (Å²) in [5.41, 5.74) is 7.11. The van der Waals surface area contributed by atoms with Crippen LogP contribution in [0.1, 0.15) is 56.0 Å². The van der Waals surface area contributed by atoms with Crippen LogP contribution in [0.2, 0.25) is 0 Å². The molecule has 0 bridgehead atoms. The summed E-state index contributed by atoms with van der Waals surface area (Å²) in [4.78, 5) is 37.3. The van der Waals surface area contributed by atoms with Crippen LogP contribution >= 0.6 is 0 Å². The Bertz CT molecular complexity index is 654. The molecule has 0 unspecified atom stereocenters. The smallest absolute Gasteiger partial charge is 0.251 e. The van der Waals surface area contributed by atoms with Crippen molar-refractivity contribution in [1.82, 2.24) is 10.2 Å². The average Bonchev–Trinajstić information content (AvgIpc) is 2.61. The Kier molecular flexibility index (Phi) is 6.40. The maximum atomic E-state index is 12.2. The largest absolute Gasteiger partial charge is 0.369 e. The minimum Gasteiger partial charge on any atom is -0.369 e. The van der Waals surface area contributed by atoms with Crippen molar-refractivity contribution in [2.45, 2.75) is 45.4 Å². The van der Waals surface area contributed by atoms with Gasteiger partial charge in [0.15, 0.2) is 0 Å². The molecule has 26 heavy (non-hydrogen) atoms. The van der Waals surface area contributed by atoms with E-state index in [4.69, 9.17) is 5.73 Å². The van der Waals surface area contributed by atoms with Gasteiger partial charge in [0.1, 0.15) is 0 Å². The second-order valence-corrected chi connectivity index (χ2v) is 7.89. The molecular formula is C20H29N3O3. The highest BCUT2D eigenvalue weighted by Crippen LogP contribution is 2.22. The van der Waals surface area contributed by atoms with Crippen molar-refractivity contribution in [3.05, 3.63) is 35.4 Å². The molecule has 1 aromatic rings. The molecule has 2 rings (SSSR count). The van der Waals surface area contributed by atoms with Crippen molar-refractivity contribution in [1.29, 1.82) is 0 Å². The van der Waals surface area contributed by atoms with Gasteiger partial charge in [-0.1, -0.05) is 32.9 Å². The molecular weight excluding hydrogens is 330 g/mol. The summed E-state index contributed by atoms with van der Waals surface area (Å²) in [5.74, 6) is -0.598. The van der Waals surface area contributed by atoms with E-state index >= 15 is 0 Å². The number of nitrogens with two attached hydrogens (primary N) is 1. The van der Waals surface area contributed by atoms with Crippen LogP contribution in [0.3, 0.4) is 0 Å². The number of hydrogen-bond donors (Lipinski definition) is 2. The molecule has 3 N–H and O–H groups in total. The fourth-order valence-corrected chi connectivity index (χ4v) is 3.08. The van der Waals surface area contributed by atoms with Crippen molar-refractivity contribution >= 4 is 17.7 Å². The van der Waals surface area contributed by atoms with Crippen LogP contribution in [0.5, 0.6) is 0 Å². The zero-order valence-electron chi connectivity index (χ0n) is 15.9. The van der Waals surface area contributed by atoms with Gasteiger partial charge >= 0.3 is 0 Å². The fourth-order valence-electron chi connectivity index (χ4n) is 3.08. The fraction of sp³-hybridized carbons (Fsp3) is 0.550. The summed E-state index contributed by atoms with van der Waals surface area (Å²) in [6, 6.07) is 7.55. The van der Waals surface area contributed by atoms with Gasteiger partial charge < -0.3 is 16.0 Å². The first kappa shape index (κ1) is 19.9. The molecule has 6 heteroatoms. The highest BCUT2D eigenvalue weighted by molar-refractivity contribution is 5.94. The van der Waals surface area contributed by atoms with Gasteiger partial charge in [0, 0.05) is 37.5 Å². The van der Waals surface area contributed by atoms with E-state index in [1.165, 1.54) is 5.56 Å². The maximum absolute atomic E-state index is 12.2. The van der Waals surface area contributed by atoms with Gasteiger partial charge in [-0.2, -0.15) is 0 Å². The lowest BCUT2D eigenvalue weighted by atomic mass is 9.87. The third-order valence-corrected chi connectivity index (χ3v) is 4.89. The van der Waals surface area contributed by atoms with Gasteiger partial charge in [-0.3, -0.25) is 14.4 Å². The van der Waals surface area contributed by atoms with Gasteiger partial charge in [-0.05, 0) is 36.0 Å².